The smallest absolute Gasteiger partial charge is 0.253 e. The molecule has 0 spiro atoms. The summed E-state index contributed by atoms with van der Waals surface area (Å²) in [6.07, 6.45) is 2.37. The number of carbonyl (C=O) groups is 1. The SMILES string of the molecule is CC1CC(C)CN(Cc2ccc(CNC(=O)c3ccccc3NS(C)(=O)=O)cc2)C1. The maximum atomic E-state index is 12.6. The van der Waals surface area contributed by atoms with Crippen molar-refractivity contribution in [1.82, 2.24) is 10.2 Å². The van der Waals surface area contributed by atoms with Crippen molar-refractivity contribution in [2.75, 3.05) is 24.1 Å². The molecular formula is C23H31N3O3S. The summed E-state index contributed by atoms with van der Waals surface area (Å²) in [7, 11) is -3.46. The number of likely N-dealkylation sites (tertiary alicyclic amines) is 1. The van der Waals surface area contributed by atoms with E-state index in [0.717, 1.165) is 43.3 Å². The van der Waals surface area contributed by atoms with E-state index in [-0.39, 0.29) is 11.6 Å². The Morgan fingerprint density at radius 3 is 2.23 bits per heavy atom. The molecule has 2 aromatic rings. The molecule has 6 nitrogen and oxygen atoms in total. The minimum Gasteiger partial charge on any atom is -0.348 e. The maximum Gasteiger partial charge on any atom is 0.253 e. The third kappa shape index (κ3) is 6.57. The molecule has 1 heterocycles. The lowest BCUT2D eigenvalue weighted by Gasteiger charge is -2.35. The van der Waals surface area contributed by atoms with Gasteiger partial charge in [0.25, 0.3) is 5.91 Å². The van der Waals surface area contributed by atoms with E-state index in [0.29, 0.717) is 12.1 Å². The van der Waals surface area contributed by atoms with Crippen LogP contribution in [0.4, 0.5) is 5.69 Å². The van der Waals surface area contributed by atoms with Gasteiger partial charge in [-0.2, -0.15) is 0 Å². The Balaban J connectivity index is 1.57. The number of amides is 1. The average Bonchev–Trinajstić information content (AvgIpc) is 2.65. The molecule has 1 aliphatic rings. The Morgan fingerprint density at radius 2 is 1.60 bits per heavy atom. The summed E-state index contributed by atoms with van der Waals surface area (Å²) < 4.78 is 25.4. The first-order valence-corrected chi connectivity index (χ1v) is 12.2. The number of hydrogen-bond acceptors (Lipinski definition) is 4. The molecule has 1 amide bonds. The number of para-hydroxylation sites is 1. The highest BCUT2D eigenvalue weighted by molar-refractivity contribution is 7.92. The van der Waals surface area contributed by atoms with Crippen LogP contribution in [0.3, 0.4) is 0 Å². The Hall–Kier alpha value is -2.38. The molecule has 0 aromatic heterocycles. The van der Waals surface area contributed by atoms with Gasteiger partial charge in [0.1, 0.15) is 0 Å². The fourth-order valence-electron chi connectivity index (χ4n) is 4.19. The fraction of sp³-hybridized carbons (Fsp3) is 0.435. The van der Waals surface area contributed by atoms with Crippen LogP contribution in [0.25, 0.3) is 0 Å². The van der Waals surface area contributed by atoms with Crippen molar-refractivity contribution < 1.29 is 13.2 Å². The van der Waals surface area contributed by atoms with Crippen LogP contribution < -0.4 is 10.0 Å². The monoisotopic (exact) mass is 429 g/mol. The lowest BCUT2D eigenvalue weighted by atomic mass is 9.91. The highest BCUT2D eigenvalue weighted by Gasteiger charge is 2.21. The Labute approximate surface area is 179 Å². The number of hydrogen-bond donors (Lipinski definition) is 2. The van der Waals surface area contributed by atoms with E-state index in [9.17, 15) is 13.2 Å². The zero-order valence-electron chi connectivity index (χ0n) is 17.9. The molecule has 0 radical (unpaired) electrons. The number of piperidine rings is 1. The molecule has 0 bridgehead atoms. The van der Waals surface area contributed by atoms with Gasteiger partial charge in [0.05, 0.1) is 17.5 Å². The van der Waals surface area contributed by atoms with E-state index in [1.54, 1.807) is 24.3 Å². The number of benzene rings is 2. The highest BCUT2D eigenvalue weighted by Crippen LogP contribution is 2.22. The molecule has 2 aromatic carbocycles. The molecule has 0 saturated carbocycles. The first-order valence-electron chi connectivity index (χ1n) is 10.3. The van der Waals surface area contributed by atoms with Gasteiger partial charge in [-0.05, 0) is 41.5 Å². The zero-order chi connectivity index (χ0) is 21.7. The molecule has 2 N–H and O–H groups in total. The fourth-order valence-corrected chi connectivity index (χ4v) is 4.77. The second-order valence-corrected chi connectivity index (χ2v) is 10.3. The summed E-state index contributed by atoms with van der Waals surface area (Å²) in [5, 5.41) is 2.87. The van der Waals surface area contributed by atoms with Crippen molar-refractivity contribution in [3.8, 4) is 0 Å². The summed E-state index contributed by atoms with van der Waals surface area (Å²) in [6, 6.07) is 14.9. The number of rotatable bonds is 7. The zero-order valence-corrected chi connectivity index (χ0v) is 18.7. The molecule has 1 fully saturated rings. The molecule has 30 heavy (non-hydrogen) atoms. The van der Waals surface area contributed by atoms with Crippen molar-refractivity contribution in [3.05, 3.63) is 65.2 Å². The summed E-state index contributed by atoms with van der Waals surface area (Å²) in [5.74, 6) is 1.16. The van der Waals surface area contributed by atoms with Gasteiger partial charge < -0.3 is 5.32 Å². The van der Waals surface area contributed by atoms with Gasteiger partial charge in [-0.1, -0.05) is 50.2 Å². The lowest BCUT2D eigenvalue weighted by Crippen LogP contribution is -2.38. The lowest BCUT2D eigenvalue weighted by molar-refractivity contribution is 0.0952. The Bertz CT molecular complexity index is 963. The quantitative estimate of drug-likeness (QED) is 0.706. The van der Waals surface area contributed by atoms with E-state index in [1.165, 1.54) is 12.0 Å². The topological polar surface area (TPSA) is 78.5 Å². The van der Waals surface area contributed by atoms with E-state index in [1.807, 2.05) is 12.1 Å². The normalized spacial score (nSPS) is 20.0. The molecule has 2 atom stereocenters. The second-order valence-electron chi connectivity index (χ2n) is 8.56. The van der Waals surface area contributed by atoms with Crippen LogP contribution in [0.2, 0.25) is 0 Å². The van der Waals surface area contributed by atoms with Crippen LogP contribution in [0.15, 0.2) is 48.5 Å². The van der Waals surface area contributed by atoms with E-state index in [2.05, 4.69) is 40.9 Å². The standard InChI is InChI=1S/C23H31N3O3S/c1-17-12-18(2)15-26(14-17)16-20-10-8-19(9-11-20)13-24-23(27)21-6-4-5-7-22(21)25-30(3,28)29/h4-11,17-18,25H,12-16H2,1-3H3,(H,24,27). The number of anilines is 1. The average molecular weight is 430 g/mol. The molecular weight excluding hydrogens is 398 g/mol. The van der Waals surface area contributed by atoms with Gasteiger partial charge in [-0.3, -0.25) is 14.4 Å². The Morgan fingerprint density at radius 1 is 1.00 bits per heavy atom. The molecule has 3 rings (SSSR count). The highest BCUT2D eigenvalue weighted by atomic mass is 32.2. The number of carbonyl (C=O) groups excluding carboxylic acids is 1. The maximum absolute atomic E-state index is 12.6. The second kappa shape index (κ2) is 9.62. The van der Waals surface area contributed by atoms with Crippen LogP contribution >= 0.6 is 0 Å². The molecule has 1 aliphatic heterocycles. The largest absolute Gasteiger partial charge is 0.348 e. The minimum atomic E-state index is -3.46. The number of sulfonamides is 1. The van der Waals surface area contributed by atoms with E-state index >= 15 is 0 Å². The summed E-state index contributed by atoms with van der Waals surface area (Å²) in [5.41, 5.74) is 2.85. The predicted octanol–water partition coefficient (Wildman–Crippen LogP) is 3.47. The van der Waals surface area contributed by atoms with Crippen molar-refractivity contribution in [2.24, 2.45) is 11.8 Å². The molecule has 162 valence electrons. The van der Waals surface area contributed by atoms with Crippen molar-refractivity contribution in [3.63, 3.8) is 0 Å². The van der Waals surface area contributed by atoms with Crippen molar-refractivity contribution >= 4 is 21.6 Å². The van der Waals surface area contributed by atoms with Crippen LogP contribution in [0.5, 0.6) is 0 Å². The van der Waals surface area contributed by atoms with Crippen LogP contribution in [-0.2, 0) is 23.1 Å². The molecule has 7 heteroatoms. The summed E-state index contributed by atoms with van der Waals surface area (Å²) in [4.78, 5) is 15.1. The summed E-state index contributed by atoms with van der Waals surface area (Å²) >= 11 is 0. The van der Waals surface area contributed by atoms with Crippen LogP contribution in [-0.4, -0.2) is 38.6 Å². The first-order chi connectivity index (χ1) is 14.2. The van der Waals surface area contributed by atoms with E-state index in [4.69, 9.17) is 0 Å². The molecule has 0 aliphatic carbocycles. The third-order valence-corrected chi connectivity index (χ3v) is 5.88. The van der Waals surface area contributed by atoms with Crippen LogP contribution in [0.1, 0.15) is 41.8 Å². The van der Waals surface area contributed by atoms with E-state index < -0.39 is 10.0 Å². The van der Waals surface area contributed by atoms with Gasteiger partial charge in [0.15, 0.2) is 0 Å². The summed E-state index contributed by atoms with van der Waals surface area (Å²) in [6.45, 7) is 8.25. The van der Waals surface area contributed by atoms with Crippen molar-refractivity contribution in [2.45, 2.75) is 33.4 Å². The van der Waals surface area contributed by atoms with Gasteiger partial charge in [-0.25, -0.2) is 8.42 Å². The number of nitrogens with one attached hydrogen (secondary N) is 2. The number of nitrogens with zero attached hydrogens (tertiary/aromatic N) is 1. The first kappa shape index (κ1) is 22.3. The van der Waals surface area contributed by atoms with Gasteiger partial charge in [-0.15, -0.1) is 0 Å². The predicted molar refractivity (Wildman–Crippen MR) is 121 cm³/mol. The molecule has 2 unspecified atom stereocenters. The van der Waals surface area contributed by atoms with Gasteiger partial charge in [0.2, 0.25) is 10.0 Å². The van der Waals surface area contributed by atoms with Crippen molar-refractivity contribution in [1.29, 1.82) is 0 Å². The van der Waals surface area contributed by atoms with Gasteiger partial charge >= 0.3 is 0 Å². The van der Waals surface area contributed by atoms with Crippen LogP contribution in [0, 0.1) is 11.8 Å². The Kier molecular flexibility index (Phi) is 7.15. The molecule has 1 saturated heterocycles. The van der Waals surface area contributed by atoms with Gasteiger partial charge in [0, 0.05) is 26.2 Å². The minimum absolute atomic E-state index is 0.276. The third-order valence-electron chi connectivity index (χ3n) is 5.29.